The van der Waals surface area contributed by atoms with Gasteiger partial charge in [-0.1, -0.05) is 159 Å². The number of carbonyl (C=O) groups is 9. The molecule has 6 fully saturated rings. The molecule has 0 bridgehead atoms. The summed E-state index contributed by atoms with van der Waals surface area (Å²) in [5.41, 5.74) is 38.7. The SMILES string of the molecule is C.C=C=C=C=C=C=C=C=C=C=C=C=C=C=C=C=C=C.CCC[C@H](NC(=O)[C@@H]1C[C@]2(CC(c3ccc(OCC)c(Cl)c3)=NO2)CN1C(=O)[C@@H](NC(=O)CC1CCCCC1)C(C)(C)C)C(=O)C(=O)NC1CC1.CCC[C@H](NC(=O)[C@@H]1C[C@]2(CC(c3ccc(OCC)c(Cl)c3)=NO2)CN1C(=O)[C@@H](NC(=O)CC1CCCCC1)C(C)(C)C)C(O)C(=O)NC1CC1. The second kappa shape index (κ2) is 46.8. The van der Waals surface area contributed by atoms with E-state index in [9.17, 15) is 48.3 Å². The lowest BCUT2D eigenvalue weighted by Crippen LogP contribution is -2.59. The number of aliphatic hydroxyl groups excluding tert-OH is 1. The van der Waals surface area contributed by atoms with Gasteiger partial charge in [0.05, 0.1) is 59.9 Å². The van der Waals surface area contributed by atoms with Crippen LogP contribution in [0.5, 0.6) is 11.5 Å². The number of halogens is 2. The Hall–Kier alpha value is -10.8. The van der Waals surface area contributed by atoms with E-state index in [0.29, 0.717) is 97.0 Å². The molecule has 2 aromatic carbocycles. The Morgan fingerprint density at radius 2 is 0.917 bits per heavy atom. The largest absolute Gasteiger partial charge is 0.492 e. The third-order valence-corrected chi connectivity index (χ3v) is 22.4. The number of amides is 8. The summed E-state index contributed by atoms with van der Waals surface area (Å²) in [4.78, 5) is 138. The fourth-order valence-corrected chi connectivity index (χ4v) is 15.8. The Labute approximate surface area is 722 Å². The van der Waals surface area contributed by atoms with Gasteiger partial charge in [-0.25, -0.2) is 0 Å². The van der Waals surface area contributed by atoms with Crippen LogP contribution in [0, 0.1) is 22.7 Å². The lowest BCUT2D eigenvalue weighted by atomic mass is 9.84. The van der Waals surface area contributed by atoms with Crippen LogP contribution in [0.2, 0.25) is 10.0 Å². The molecule has 1 unspecified atom stereocenters. The maximum Gasteiger partial charge on any atom is 0.289 e. The Bertz CT molecular complexity index is 4760. The molecule has 0 radical (unpaired) electrons. The molecule has 121 heavy (non-hydrogen) atoms. The maximum absolute atomic E-state index is 14.6. The number of aliphatic hydroxyl groups is 1. The van der Waals surface area contributed by atoms with Crippen LogP contribution in [0.3, 0.4) is 0 Å². The third kappa shape index (κ3) is 29.5. The third-order valence-electron chi connectivity index (χ3n) is 21.9. The van der Waals surface area contributed by atoms with Crippen LogP contribution in [0.25, 0.3) is 0 Å². The summed E-state index contributed by atoms with van der Waals surface area (Å²) in [6.07, 6.45) is 16.0. The molecule has 0 aromatic heterocycles. The van der Waals surface area contributed by atoms with Crippen molar-refractivity contribution in [3.8, 4) is 11.5 Å². The quantitative estimate of drug-likeness (QED) is 0.0308. The summed E-state index contributed by atoms with van der Waals surface area (Å²) in [5, 5.41) is 38.0. The van der Waals surface area contributed by atoms with E-state index in [1.54, 1.807) is 24.3 Å². The predicted molar refractivity (Wildman–Crippen MR) is 462 cm³/mol. The van der Waals surface area contributed by atoms with Gasteiger partial charge in [-0.3, -0.25) is 43.2 Å². The number of nitrogens with one attached hydrogen (secondary N) is 6. The average Bonchev–Trinajstić information content (AvgIpc) is 1.60. The summed E-state index contributed by atoms with van der Waals surface area (Å²) in [6, 6.07) is 4.99. The van der Waals surface area contributed by atoms with Crippen molar-refractivity contribution in [1.29, 1.82) is 0 Å². The smallest absolute Gasteiger partial charge is 0.289 e. The van der Waals surface area contributed by atoms with E-state index in [0.717, 1.165) is 88.2 Å². The van der Waals surface area contributed by atoms with E-state index in [1.807, 2.05) is 81.4 Å². The molecule has 8 aliphatic rings. The second-order valence-corrected chi connectivity index (χ2v) is 34.7. The Morgan fingerprint density at radius 3 is 1.27 bits per heavy atom. The topological polar surface area (TPSA) is 314 Å². The van der Waals surface area contributed by atoms with Gasteiger partial charge in [-0.15, -0.1) is 0 Å². The zero-order valence-electron chi connectivity index (χ0n) is 70.8. The number of likely N-dealkylation sites (tertiary alicyclic amines) is 2. The van der Waals surface area contributed by atoms with Crippen LogP contribution >= 0.6 is 23.2 Å². The van der Waals surface area contributed by atoms with Crippen LogP contribution in [0.1, 0.15) is 242 Å². The van der Waals surface area contributed by atoms with E-state index in [2.05, 4.69) is 147 Å². The summed E-state index contributed by atoms with van der Waals surface area (Å²) >= 11 is 13.0. The van der Waals surface area contributed by atoms with Gasteiger partial charge in [0.1, 0.15) is 35.7 Å². The summed E-state index contributed by atoms with van der Waals surface area (Å²) in [5.74, 6) is -2.49. The first kappa shape index (κ1) is 97.3. The van der Waals surface area contributed by atoms with Crippen molar-refractivity contribution in [2.24, 2.45) is 33.0 Å². The molecule has 9 atom stereocenters. The fraction of sp³-hybridized carbons (Fsp3) is 0.568. The zero-order chi connectivity index (χ0) is 87.2. The number of ketones is 1. The first-order chi connectivity index (χ1) is 57.4. The Kier molecular flexibility index (Phi) is 37.6. The molecular formula is C95H118Cl2N10O14. The maximum atomic E-state index is 14.6. The van der Waals surface area contributed by atoms with E-state index < -0.39 is 106 Å². The standard InChI is InChI=1S/C38H56ClN5O7.C38H54ClN5O7.C18H4.CH4/c2*1-6-11-27(32(46)35(48)40-25-15-16-25)41-34(47)29-21-38(20-28(43-51-38)24-14-17-30(50-7-2)26(39)19-24)22-44(29)36(49)33(37(3,4)5)42-31(45)18-23-12-9-8-10-13-23;1-3-5-7-9-11-13-15-17-18-16-14-12-10-8-6-4-2;/h14,17,19,23,25,27,29,32-33,46H,6-13,15-16,18,20-22H2,1-5H3,(H,40,48)(H,41,47)(H,42,45);14,17,19,23,25,27,29,33H,6-13,15-16,18,20-22H2,1-5H3,(H,40,48)(H,41,47)(H,42,45);1-2H2;1H4/t27-,29-,32?,33+,38+;27-,29-,33+,38+;;/m00../s1. The highest BCUT2D eigenvalue weighted by atomic mass is 35.5. The molecule has 4 aliphatic heterocycles. The van der Waals surface area contributed by atoms with Crippen molar-refractivity contribution in [3.05, 3.63) is 162 Å². The molecule has 646 valence electrons. The van der Waals surface area contributed by atoms with E-state index in [4.69, 9.17) is 42.4 Å². The summed E-state index contributed by atoms with van der Waals surface area (Å²) < 4.78 is 11.2. The zero-order valence-corrected chi connectivity index (χ0v) is 72.3. The molecule has 4 saturated carbocycles. The highest BCUT2D eigenvalue weighted by Crippen LogP contribution is 2.44. The van der Waals surface area contributed by atoms with Crippen molar-refractivity contribution >= 4 is 87.7 Å². The van der Waals surface area contributed by atoms with E-state index in [1.165, 1.54) is 22.6 Å². The first-order valence-corrected chi connectivity index (χ1v) is 42.7. The Balaban J connectivity index is 0.000000276. The summed E-state index contributed by atoms with van der Waals surface area (Å²) in [6.45, 7) is 26.5. The van der Waals surface area contributed by atoms with Gasteiger partial charge in [-0.2, -0.15) is 0 Å². The van der Waals surface area contributed by atoms with E-state index in [-0.39, 0.29) is 69.6 Å². The number of rotatable bonds is 28. The lowest BCUT2D eigenvalue weighted by Gasteiger charge is -2.36. The van der Waals surface area contributed by atoms with Crippen molar-refractivity contribution in [2.45, 2.75) is 296 Å². The van der Waals surface area contributed by atoms with Crippen molar-refractivity contribution in [1.82, 2.24) is 41.7 Å². The van der Waals surface area contributed by atoms with Gasteiger partial charge in [0.25, 0.3) is 11.8 Å². The molecule has 2 spiro atoms. The van der Waals surface area contributed by atoms with E-state index >= 15 is 0 Å². The molecule has 4 heterocycles. The molecule has 24 nitrogen and oxygen atoms in total. The number of hydrogen-bond acceptors (Lipinski definition) is 16. The van der Waals surface area contributed by atoms with Gasteiger partial charge in [0.15, 0.2) is 17.3 Å². The van der Waals surface area contributed by atoms with Crippen molar-refractivity contribution in [2.75, 3.05) is 26.3 Å². The normalized spacial score (nSPS) is 20.4. The molecule has 8 amide bonds. The predicted octanol–water partition coefficient (Wildman–Crippen LogP) is 13.4. The fourth-order valence-electron chi connectivity index (χ4n) is 15.4. The van der Waals surface area contributed by atoms with Crippen LogP contribution in [-0.2, 0) is 52.8 Å². The number of ether oxygens (including phenoxy) is 2. The number of hydrogen-bond donors (Lipinski definition) is 7. The highest BCUT2D eigenvalue weighted by Gasteiger charge is 2.58. The van der Waals surface area contributed by atoms with Crippen molar-refractivity contribution in [3.63, 3.8) is 0 Å². The number of carbonyl (C=O) groups excluding carboxylic acids is 9. The van der Waals surface area contributed by atoms with Gasteiger partial charge < -0.3 is 66.0 Å². The average molecular weight is 1690 g/mol. The van der Waals surface area contributed by atoms with Crippen molar-refractivity contribution < 1.29 is 67.4 Å². The number of Topliss-reactive ketones (excluding diaryl/α,β-unsaturated/α-hetero) is 1. The van der Waals surface area contributed by atoms with Crippen LogP contribution in [0.15, 0.2) is 152 Å². The van der Waals surface area contributed by atoms with Crippen LogP contribution < -0.4 is 41.4 Å². The lowest BCUT2D eigenvalue weighted by molar-refractivity contribution is -0.145. The second-order valence-electron chi connectivity index (χ2n) is 33.9. The summed E-state index contributed by atoms with van der Waals surface area (Å²) in [7, 11) is 0. The van der Waals surface area contributed by atoms with Gasteiger partial charge in [0.2, 0.25) is 41.2 Å². The minimum Gasteiger partial charge on any atom is -0.492 e. The number of benzene rings is 2. The van der Waals surface area contributed by atoms with Crippen LogP contribution in [0.4, 0.5) is 0 Å². The van der Waals surface area contributed by atoms with Gasteiger partial charge in [-0.05, 0) is 231 Å². The van der Waals surface area contributed by atoms with Gasteiger partial charge in [0, 0.05) is 61.7 Å². The highest BCUT2D eigenvalue weighted by molar-refractivity contribution is 6.38. The minimum atomic E-state index is -1.45. The Morgan fingerprint density at radius 1 is 0.537 bits per heavy atom. The van der Waals surface area contributed by atoms with Gasteiger partial charge >= 0.3 is 0 Å². The molecule has 26 heteroatoms. The monoisotopic (exact) mass is 1690 g/mol. The first-order valence-electron chi connectivity index (χ1n) is 41.9. The number of nitrogens with zero attached hydrogens (tertiary/aromatic N) is 4. The molecule has 2 saturated heterocycles. The molecular weight excluding hydrogens is 1580 g/mol. The van der Waals surface area contributed by atoms with Crippen LogP contribution in [-0.4, -0.2) is 171 Å². The molecule has 4 aliphatic carbocycles. The minimum absolute atomic E-state index is 0. The molecule has 7 N–H and O–H groups in total. The molecule has 10 rings (SSSR count). The molecule has 2 aromatic rings. The number of oxime groups is 2.